The summed E-state index contributed by atoms with van der Waals surface area (Å²) in [7, 11) is 2.23. The minimum atomic E-state index is 0.464. The van der Waals surface area contributed by atoms with Gasteiger partial charge in [-0.2, -0.15) is 0 Å². The SMILES string of the molecule is CC.Cc1cc(OCCCl)c(C(C)C)cc1CN(C)C1CC1. The molecule has 0 saturated heterocycles. The summed E-state index contributed by atoms with van der Waals surface area (Å²) in [6.45, 7) is 12.2. The van der Waals surface area contributed by atoms with Crippen LogP contribution in [0.3, 0.4) is 0 Å². The predicted octanol–water partition coefficient (Wildman–Crippen LogP) is 5.36. The number of benzene rings is 1. The Labute approximate surface area is 141 Å². The van der Waals surface area contributed by atoms with Crippen molar-refractivity contribution in [2.24, 2.45) is 0 Å². The molecule has 1 aliphatic carbocycles. The van der Waals surface area contributed by atoms with Crippen molar-refractivity contribution in [3.05, 3.63) is 28.8 Å². The van der Waals surface area contributed by atoms with E-state index >= 15 is 0 Å². The Morgan fingerprint density at radius 3 is 2.41 bits per heavy atom. The van der Waals surface area contributed by atoms with Gasteiger partial charge in [0, 0.05) is 12.6 Å². The fourth-order valence-corrected chi connectivity index (χ4v) is 2.63. The van der Waals surface area contributed by atoms with Crippen LogP contribution in [0.15, 0.2) is 12.1 Å². The number of hydrogen-bond donors (Lipinski definition) is 0. The Morgan fingerprint density at radius 1 is 1.27 bits per heavy atom. The van der Waals surface area contributed by atoms with Crippen molar-refractivity contribution in [2.75, 3.05) is 19.5 Å². The first-order valence-corrected chi connectivity index (χ1v) is 9.08. The van der Waals surface area contributed by atoms with Gasteiger partial charge in [-0.25, -0.2) is 0 Å². The van der Waals surface area contributed by atoms with Crippen molar-refractivity contribution in [2.45, 2.75) is 66.0 Å². The molecule has 0 aliphatic heterocycles. The highest BCUT2D eigenvalue weighted by Crippen LogP contribution is 2.32. The van der Waals surface area contributed by atoms with Crippen LogP contribution in [0.5, 0.6) is 5.75 Å². The van der Waals surface area contributed by atoms with E-state index in [2.05, 4.69) is 44.9 Å². The molecule has 0 amide bonds. The molecule has 126 valence electrons. The Kier molecular flexibility index (Phi) is 8.27. The van der Waals surface area contributed by atoms with Crippen molar-refractivity contribution in [3.63, 3.8) is 0 Å². The van der Waals surface area contributed by atoms with Gasteiger partial charge in [0.2, 0.25) is 0 Å². The van der Waals surface area contributed by atoms with Crippen molar-refractivity contribution < 1.29 is 4.74 Å². The number of halogens is 1. The lowest BCUT2D eigenvalue weighted by Gasteiger charge is -2.21. The van der Waals surface area contributed by atoms with Crippen LogP contribution in [0.1, 0.15) is 63.1 Å². The quantitative estimate of drug-likeness (QED) is 0.626. The van der Waals surface area contributed by atoms with E-state index in [0.717, 1.165) is 18.3 Å². The van der Waals surface area contributed by atoms with Crippen LogP contribution in [0.25, 0.3) is 0 Å². The summed E-state index contributed by atoms with van der Waals surface area (Å²) in [6.07, 6.45) is 2.70. The van der Waals surface area contributed by atoms with Crippen LogP contribution >= 0.6 is 11.6 Å². The Morgan fingerprint density at radius 2 is 1.91 bits per heavy atom. The molecular weight excluding hydrogens is 294 g/mol. The van der Waals surface area contributed by atoms with Crippen LogP contribution in [0.4, 0.5) is 0 Å². The largest absolute Gasteiger partial charge is 0.492 e. The zero-order valence-electron chi connectivity index (χ0n) is 15.1. The molecule has 22 heavy (non-hydrogen) atoms. The number of aryl methyl sites for hydroxylation is 1. The minimum Gasteiger partial charge on any atom is -0.492 e. The topological polar surface area (TPSA) is 12.5 Å². The number of alkyl halides is 1. The second kappa shape index (κ2) is 9.42. The van der Waals surface area contributed by atoms with Gasteiger partial charge in [-0.1, -0.05) is 33.8 Å². The molecule has 2 rings (SSSR count). The van der Waals surface area contributed by atoms with E-state index in [0.29, 0.717) is 18.4 Å². The molecule has 0 aromatic heterocycles. The summed E-state index contributed by atoms with van der Waals surface area (Å²) in [5.41, 5.74) is 4.02. The smallest absolute Gasteiger partial charge is 0.123 e. The summed E-state index contributed by atoms with van der Waals surface area (Å²) in [4.78, 5) is 2.46. The first-order chi connectivity index (χ1) is 10.5. The van der Waals surface area contributed by atoms with Gasteiger partial charge in [0.15, 0.2) is 0 Å². The van der Waals surface area contributed by atoms with Crippen LogP contribution in [-0.2, 0) is 6.54 Å². The molecule has 0 bridgehead atoms. The zero-order chi connectivity index (χ0) is 16.7. The minimum absolute atomic E-state index is 0.464. The average molecular weight is 326 g/mol. The average Bonchev–Trinajstić information content (AvgIpc) is 3.33. The van der Waals surface area contributed by atoms with Crippen molar-refractivity contribution in [3.8, 4) is 5.75 Å². The van der Waals surface area contributed by atoms with Crippen LogP contribution in [0.2, 0.25) is 0 Å². The normalized spacial score (nSPS) is 14.0. The summed E-state index contributed by atoms with van der Waals surface area (Å²) in [6, 6.07) is 5.30. The highest BCUT2D eigenvalue weighted by atomic mass is 35.5. The van der Waals surface area contributed by atoms with Gasteiger partial charge in [-0.3, -0.25) is 4.90 Å². The van der Waals surface area contributed by atoms with Gasteiger partial charge in [0.25, 0.3) is 0 Å². The molecule has 0 spiro atoms. The van der Waals surface area contributed by atoms with E-state index in [9.17, 15) is 0 Å². The second-order valence-corrected chi connectivity index (χ2v) is 6.53. The lowest BCUT2D eigenvalue weighted by atomic mass is 9.96. The van der Waals surface area contributed by atoms with Gasteiger partial charge < -0.3 is 4.74 Å². The molecule has 0 N–H and O–H groups in total. The molecule has 0 atom stereocenters. The molecule has 1 saturated carbocycles. The fraction of sp³-hybridized carbons (Fsp3) is 0.684. The van der Waals surface area contributed by atoms with Crippen LogP contribution in [-0.4, -0.2) is 30.5 Å². The Hall–Kier alpha value is -0.730. The third-order valence-corrected chi connectivity index (χ3v) is 4.17. The van der Waals surface area contributed by atoms with E-state index in [1.165, 1.54) is 29.5 Å². The van der Waals surface area contributed by atoms with E-state index in [4.69, 9.17) is 16.3 Å². The molecule has 0 heterocycles. The van der Waals surface area contributed by atoms with E-state index in [1.54, 1.807) is 0 Å². The van der Waals surface area contributed by atoms with Gasteiger partial charge in [-0.15, -0.1) is 11.6 Å². The van der Waals surface area contributed by atoms with E-state index < -0.39 is 0 Å². The maximum Gasteiger partial charge on any atom is 0.123 e. The molecule has 2 nitrogen and oxygen atoms in total. The maximum absolute atomic E-state index is 5.80. The number of rotatable bonds is 7. The second-order valence-electron chi connectivity index (χ2n) is 6.15. The summed E-state index contributed by atoms with van der Waals surface area (Å²) in [5, 5.41) is 0. The summed E-state index contributed by atoms with van der Waals surface area (Å²) in [5.74, 6) is 1.99. The third-order valence-electron chi connectivity index (χ3n) is 4.02. The Bertz CT molecular complexity index is 455. The zero-order valence-corrected chi connectivity index (χ0v) is 15.8. The first kappa shape index (κ1) is 19.3. The molecule has 1 aromatic carbocycles. The lowest BCUT2D eigenvalue weighted by Crippen LogP contribution is -2.20. The van der Waals surface area contributed by atoms with Crippen molar-refractivity contribution in [1.29, 1.82) is 0 Å². The molecule has 0 radical (unpaired) electrons. The van der Waals surface area contributed by atoms with Crippen molar-refractivity contribution >= 4 is 11.6 Å². The molecular formula is C19H32ClNO. The summed E-state index contributed by atoms with van der Waals surface area (Å²) < 4.78 is 5.80. The molecule has 1 aromatic rings. The van der Waals surface area contributed by atoms with Crippen molar-refractivity contribution in [1.82, 2.24) is 4.90 Å². The first-order valence-electron chi connectivity index (χ1n) is 8.55. The van der Waals surface area contributed by atoms with Crippen LogP contribution in [0, 0.1) is 6.92 Å². The highest BCUT2D eigenvalue weighted by Gasteiger charge is 2.26. The monoisotopic (exact) mass is 325 g/mol. The van der Waals surface area contributed by atoms with Crippen LogP contribution < -0.4 is 4.74 Å². The maximum atomic E-state index is 5.80. The fourth-order valence-electron chi connectivity index (χ4n) is 2.55. The van der Waals surface area contributed by atoms with E-state index in [-0.39, 0.29) is 0 Å². The Balaban J connectivity index is 0.00000116. The number of hydrogen-bond acceptors (Lipinski definition) is 2. The van der Waals surface area contributed by atoms with E-state index in [1.807, 2.05) is 13.8 Å². The molecule has 3 heteroatoms. The number of ether oxygens (including phenoxy) is 1. The molecule has 1 fully saturated rings. The van der Waals surface area contributed by atoms with Gasteiger partial charge >= 0.3 is 0 Å². The molecule has 0 unspecified atom stereocenters. The third kappa shape index (κ3) is 5.48. The highest BCUT2D eigenvalue weighted by molar-refractivity contribution is 6.18. The predicted molar refractivity (Wildman–Crippen MR) is 97.3 cm³/mol. The summed E-state index contributed by atoms with van der Waals surface area (Å²) >= 11 is 5.73. The number of nitrogens with zero attached hydrogens (tertiary/aromatic N) is 1. The molecule has 1 aliphatic rings. The standard InChI is InChI=1S/C17H26ClNO.C2H6/c1-12(2)16-10-14(11-19(4)15-5-6-15)13(3)9-17(16)20-8-7-18;1-2/h9-10,12,15H,5-8,11H2,1-4H3;1-2H3. The lowest BCUT2D eigenvalue weighted by molar-refractivity contribution is 0.314. The van der Waals surface area contributed by atoms with Gasteiger partial charge in [0.1, 0.15) is 12.4 Å². The van der Waals surface area contributed by atoms with Gasteiger partial charge in [0.05, 0.1) is 5.88 Å². The van der Waals surface area contributed by atoms with Gasteiger partial charge in [-0.05, 0) is 55.5 Å².